The lowest BCUT2D eigenvalue weighted by atomic mass is 10.1. The van der Waals surface area contributed by atoms with Crippen LogP contribution in [0, 0.1) is 0 Å². The van der Waals surface area contributed by atoms with E-state index in [0.717, 1.165) is 18.4 Å². The third kappa shape index (κ3) is 7.15. The summed E-state index contributed by atoms with van der Waals surface area (Å²) in [5.74, 6) is -0.122. The summed E-state index contributed by atoms with van der Waals surface area (Å²) >= 11 is 5.33. The molecule has 7 heteroatoms. The number of unbranched alkanes of at least 4 members (excludes halogenated alkanes) is 1. The monoisotopic (exact) mass is 461 g/mol. The number of carbonyl (C=O) groups is 2. The Morgan fingerprint density at radius 1 is 0.848 bits per heavy atom. The molecule has 0 aromatic heterocycles. The van der Waals surface area contributed by atoms with Gasteiger partial charge in [0.05, 0.1) is 23.4 Å². The van der Waals surface area contributed by atoms with Gasteiger partial charge in [0.15, 0.2) is 5.11 Å². The zero-order valence-electron chi connectivity index (χ0n) is 18.5. The van der Waals surface area contributed by atoms with Crippen LogP contribution in [-0.2, 0) is 6.54 Å². The van der Waals surface area contributed by atoms with Crippen molar-refractivity contribution in [1.29, 1.82) is 0 Å². The van der Waals surface area contributed by atoms with Crippen LogP contribution in [0.25, 0.3) is 0 Å². The van der Waals surface area contributed by atoms with Gasteiger partial charge in [-0.05, 0) is 48.5 Å². The Labute approximate surface area is 199 Å². The van der Waals surface area contributed by atoms with Crippen molar-refractivity contribution in [2.75, 3.05) is 11.9 Å². The number of benzene rings is 3. The summed E-state index contributed by atoms with van der Waals surface area (Å²) in [5, 5.41) is 8.62. The second-order valence-corrected chi connectivity index (χ2v) is 7.73. The van der Waals surface area contributed by atoms with E-state index in [1.165, 1.54) is 0 Å². The van der Waals surface area contributed by atoms with Crippen molar-refractivity contribution in [3.63, 3.8) is 0 Å². The lowest BCUT2D eigenvalue weighted by molar-refractivity contribution is 0.0949. The van der Waals surface area contributed by atoms with Crippen LogP contribution in [0.15, 0.2) is 78.9 Å². The number of ether oxygens (including phenoxy) is 1. The van der Waals surface area contributed by atoms with Crippen LogP contribution in [0.1, 0.15) is 46.0 Å². The van der Waals surface area contributed by atoms with Gasteiger partial charge in [0.25, 0.3) is 11.8 Å². The molecule has 0 spiro atoms. The number of thiocarbonyl (C=S) groups is 1. The highest BCUT2D eigenvalue weighted by Crippen LogP contribution is 2.19. The van der Waals surface area contributed by atoms with Gasteiger partial charge in [0.1, 0.15) is 5.75 Å². The SMILES string of the molecule is CCCCOc1ccccc1C(=O)NC(=S)Nc1ccccc1C(=O)NCc1ccccc1. The Balaban J connectivity index is 1.63. The van der Waals surface area contributed by atoms with Crippen LogP contribution in [-0.4, -0.2) is 23.5 Å². The maximum atomic E-state index is 12.8. The molecular formula is C26H27N3O3S. The minimum atomic E-state index is -0.384. The molecule has 0 fully saturated rings. The van der Waals surface area contributed by atoms with Gasteiger partial charge in [-0.25, -0.2) is 0 Å². The van der Waals surface area contributed by atoms with Crippen molar-refractivity contribution in [2.45, 2.75) is 26.3 Å². The fourth-order valence-corrected chi connectivity index (χ4v) is 3.30. The van der Waals surface area contributed by atoms with E-state index in [9.17, 15) is 9.59 Å². The van der Waals surface area contributed by atoms with E-state index in [1.807, 2.05) is 36.4 Å². The molecule has 6 nitrogen and oxygen atoms in total. The maximum Gasteiger partial charge on any atom is 0.261 e. The molecule has 0 aliphatic rings. The predicted molar refractivity (Wildman–Crippen MR) is 135 cm³/mol. The zero-order valence-corrected chi connectivity index (χ0v) is 19.3. The molecule has 0 heterocycles. The normalized spacial score (nSPS) is 10.2. The largest absolute Gasteiger partial charge is 0.493 e. The highest BCUT2D eigenvalue weighted by atomic mass is 32.1. The van der Waals surface area contributed by atoms with Gasteiger partial charge in [-0.15, -0.1) is 0 Å². The molecule has 3 aromatic rings. The van der Waals surface area contributed by atoms with Crippen LogP contribution in [0.2, 0.25) is 0 Å². The van der Waals surface area contributed by atoms with Gasteiger partial charge in [-0.1, -0.05) is 67.9 Å². The molecule has 0 saturated heterocycles. The second-order valence-electron chi connectivity index (χ2n) is 7.32. The van der Waals surface area contributed by atoms with Crippen molar-refractivity contribution in [3.05, 3.63) is 95.6 Å². The van der Waals surface area contributed by atoms with E-state index < -0.39 is 0 Å². The van der Waals surface area contributed by atoms with Crippen molar-refractivity contribution < 1.29 is 14.3 Å². The predicted octanol–water partition coefficient (Wildman–Crippen LogP) is 4.92. The van der Waals surface area contributed by atoms with Gasteiger partial charge < -0.3 is 15.4 Å². The van der Waals surface area contributed by atoms with Gasteiger partial charge >= 0.3 is 0 Å². The second kappa shape index (κ2) is 12.4. The number of rotatable bonds is 9. The molecule has 0 unspecified atom stereocenters. The quantitative estimate of drug-likeness (QED) is 0.311. The van der Waals surface area contributed by atoms with Crippen molar-refractivity contribution >= 4 is 34.8 Å². The molecule has 2 amide bonds. The molecule has 0 radical (unpaired) electrons. The average molecular weight is 462 g/mol. The van der Waals surface area contributed by atoms with Crippen LogP contribution in [0.3, 0.4) is 0 Å². The number of para-hydroxylation sites is 2. The molecule has 33 heavy (non-hydrogen) atoms. The number of carbonyl (C=O) groups excluding carboxylic acids is 2. The summed E-state index contributed by atoms with van der Waals surface area (Å²) in [6, 6.07) is 23.7. The Morgan fingerprint density at radius 2 is 1.52 bits per heavy atom. The van der Waals surface area contributed by atoms with Gasteiger partial charge in [0, 0.05) is 6.54 Å². The van der Waals surface area contributed by atoms with Crippen LogP contribution >= 0.6 is 12.2 Å². The third-order valence-electron chi connectivity index (χ3n) is 4.83. The lowest BCUT2D eigenvalue weighted by Gasteiger charge is -2.15. The van der Waals surface area contributed by atoms with E-state index in [2.05, 4.69) is 22.9 Å². The summed E-state index contributed by atoms with van der Waals surface area (Å²) in [4.78, 5) is 25.5. The molecule has 0 saturated carbocycles. The summed E-state index contributed by atoms with van der Waals surface area (Å²) in [7, 11) is 0. The molecule has 3 rings (SSSR count). The molecule has 3 aromatic carbocycles. The van der Waals surface area contributed by atoms with E-state index >= 15 is 0 Å². The topological polar surface area (TPSA) is 79.5 Å². The van der Waals surface area contributed by atoms with E-state index in [0.29, 0.717) is 35.7 Å². The molecule has 170 valence electrons. The number of nitrogens with one attached hydrogen (secondary N) is 3. The van der Waals surface area contributed by atoms with Gasteiger partial charge in [0.2, 0.25) is 0 Å². The highest BCUT2D eigenvalue weighted by Gasteiger charge is 2.16. The minimum absolute atomic E-state index is 0.0895. The molecule has 3 N–H and O–H groups in total. The number of amides is 2. The molecular weight excluding hydrogens is 434 g/mol. The fourth-order valence-electron chi connectivity index (χ4n) is 3.09. The van der Waals surface area contributed by atoms with Crippen molar-refractivity contribution in [3.8, 4) is 5.75 Å². The average Bonchev–Trinajstić information content (AvgIpc) is 2.84. The first-order chi connectivity index (χ1) is 16.1. The van der Waals surface area contributed by atoms with Crippen LogP contribution < -0.4 is 20.7 Å². The molecule has 0 bridgehead atoms. The van der Waals surface area contributed by atoms with Crippen molar-refractivity contribution in [2.24, 2.45) is 0 Å². The number of hydrogen-bond donors (Lipinski definition) is 3. The smallest absolute Gasteiger partial charge is 0.261 e. The van der Waals surface area contributed by atoms with Gasteiger partial charge in [-0.3, -0.25) is 14.9 Å². The van der Waals surface area contributed by atoms with Crippen molar-refractivity contribution in [1.82, 2.24) is 10.6 Å². The summed E-state index contributed by atoms with van der Waals surface area (Å²) in [6.45, 7) is 3.02. The Hall–Kier alpha value is -3.71. The Kier molecular flexibility index (Phi) is 8.97. The summed E-state index contributed by atoms with van der Waals surface area (Å²) in [6.07, 6.45) is 1.90. The Morgan fingerprint density at radius 3 is 2.27 bits per heavy atom. The number of hydrogen-bond acceptors (Lipinski definition) is 4. The van der Waals surface area contributed by atoms with Crippen LogP contribution in [0.5, 0.6) is 5.75 Å². The molecule has 0 aliphatic heterocycles. The van der Waals surface area contributed by atoms with E-state index in [-0.39, 0.29) is 16.9 Å². The molecule has 0 atom stereocenters. The van der Waals surface area contributed by atoms with E-state index in [1.54, 1.807) is 42.5 Å². The standard InChI is InChI=1S/C26H27N3O3S/c1-2-3-17-32-23-16-10-8-14-21(23)25(31)29-26(33)28-22-15-9-7-13-20(22)24(30)27-18-19-11-5-4-6-12-19/h4-16H,2-3,17-18H2,1H3,(H,27,30)(H2,28,29,31,33). The first-order valence-electron chi connectivity index (χ1n) is 10.8. The third-order valence-corrected chi connectivity index (χ3v) is 5.03. The summed E-state index contributed by atoms with van der Waals surface area (Å²) in [5.41, 5.74) is 2.32. The highest BCUT2D eigenvalue weighted by molar-refractivity contribution is 7.80. The first kappa shape index (κ1) is 23.9. The van der Waals surface area contributed by atoms with Gasteiger partial charge in [-0.2, -0.15) is 0 Å². The number of anilines is 1. The summed E-state index contributed by atoms with van der Waals surface area (Å²) < 4.78 is 5.74. The fraction of sp³-hybridized carbons (Fsp3) is 0.192. The van der Waals surface area contributed by atoms with E-state index in [4.69, 9.17) is 17.0 Å². The van der Waals surface area contributed by atoms with Crippen LogP contribution in [0.4, 0.5) is 5.69 Å². The maximum absolute atomic E-state index is 12.8. The molecule has 0 aliphatic carbocycles. The zero-order chi connectivity index (χ0) is 23.5. The Bertz CT molecular complexity index is 1100. The minimum Gasteiger partial charge on any atom is -0.493 e. The first-order valence-corrected chi connectivity index (χ1v) is 11.2. The lowest BCUT2D eigenvalue weighted by Crippen LogP contribution is -2.35.